The van der Waals surface area contributed by atoms with Crippen LogP contribution in [0.1, 0.15) is 18.1 Å². The minimum absolute atomic E-state index is 0.424. The molecule has 1 aromatic rings. The van der Waals surface area contributed by atoms with Gasteiger partial charge in [0.25, 0.3) is 0 Å². The van der Waals surface area contributed by atoms with E-state index in [9.17, 15) is 5.11 Å². The van der Waals surface area contributed by atoms with E-state index in [1.807, 2.05) is 12.1 Å². The summed E-state index contributed by atoms with van der Waals surface area (Å²) in [6, 6.07) is 5.42. The maximum atomic E-state index is 9.55. The van der Waals surface area contributed by atoms with Crippen LogP contribution in [0, 0.1) is 0 Å². The largest absolute Gasteiger partial charge is 0.492 e. The van der Waals surface area contributed by atoms with Crippen molar-refractivity contribution in [3.05, 3.63) is 28.8 Å². The average Bonchev–Trinajstić information content (AvgIpc) is 2.07. The monoisotopic (exact) mass is 184 g/mol. The van der Waals surface area contributed by atoms with Gasteiger partial charge in [0.05, 0.1) is 17.7 Å². The van der Waals surface area contributed by atoms with Crippen molar-refractivity contribution in [3.8, 4) is 5.75 Å². The minimum atomic E-state index is -0.424. The molecule has 0 radical (unpaired) electrons. The molecule has 0 aliphatic carbocycles. The lowest BCUT2D eigenvalue weighted by Gasteiger charge is -2.22. The van der Waals surface area contributed by atoms with Gasteiger partial charge in [0, 0.05) is 12.0 Å². The Kier molecular flexibility index (Phi) is 1.95. The van der Waals surface area contributed by atoms with E-state index in [4.69, 9.17) is 16.3 Å². The number of aliphatic hydroxyl groups is 1. The molecule has 0 aromatic heterocycles. The number of hydrogen-bond acceptors (Lipinski definition) is 2. The number of fused-ring (bicyclic) bond motifs is 1. The van der Waals surface area contributed by atoms with Gasteiger partial charge in [-0.25, -0.2) is 0 Å². The van der Waals surface area contributed by atoms with Crippen molar-refractivity contribution >= 4 is 11.6 Å². The van der Waals surface area contributed by atoms with E-state index < -0.39 is 6.10 Å². The van der Waals surface area contributed by atoms with Crippen LogP contribution >= 0.6 is 11.6 Å². The lowest BCUT2D eigenvalue weighted by atomic mass is 10.0. The Morgan fingerprint density at radius 2 is 2.33 bits per heavy atom. The summed E-state index contributed by atoms with van der Waals surface area (Å²) in [7, 11) is 0. The van der Waals surface area contributed by atoms with Crippen LogP contribution in [-0.2, 0) is 0 Å². The van der Waals surface area contributed by atoms with Gasteiger partial charge in [0.2, 0.25) is 0 Å². The third-order valence-corrected chi connectivity index (χ3v) is 2.29. The van der Waals surface area contributed by atoms with Crippen molar-refractivity contribution in [1.82, 2.24) is 0 Å². The highest BCUT2D eigenvalue weighted by Gasteiger charge is 2.20. The molecular formula is C9H9ClO2. The second-order valence-corrected chi connectivity index (χ2v) is 3.22. The number of rotatable bonds is 0. The molecule has 0 spiro atoms. The van der Waals surface area contributed by atoms with E-state index in [-0.39, 0.29) is 0 Å². The summed E-state index contributed by atoms with van der Waals surface area (Å²) < 4.78 is 5.33. The quantitative estimate of drug-likeness (QED) is 0.670. The molecule has 0 amide bonds. The van der Waals surface area contributed by atoms with Gasteiger partial charge in [0.15, 0.2) is 0 Å². The normalized spacial score (nSPS) is 21.3. The SMILES string of the molecule is OC1CCOc2c(Cl)cccc21. The summed E-state index contributed by atoms with van der Waals surface area (Å²) in [5.74, 6) is 0.637. The zero-order valence-corrected chi connectivity index (χ0v) is 7.21. The van der Waals surface area contributed by atoms with Crippen LogP contribution in [0.5, 0.6) is 5.75 Å². The number of halogens is 1. The second kappa shape index (κ2) is 2.96. The predicted molar refractivity (Wildman–Crippen MR) is 46.5 cm³/mol. The summed E-state index contributed by atoms with van der Waals surface area (Å²) in [4.78, 5) is 0. The Hall–Kier alpha value is -0.730. The Morgan fingerprint density at radius 1 is 1.50 bits per heavy atom. The zero-order valence-electron chi connectivity index (χ0n) is 6.46. The smallest absolute Gasteiger partial charge is 0.143 e. The van der Waals surface area contributed by atoms with Crippen molar-refractivity contribution < 1.29 is 9.84 Å². The highest BCUT2D eigenvalue weighted by Crippen LogP contribution is 2.37. The summed E-state index contributed by atoms with van der Waals surface area (Å²) in [6.07, 6.45) is 0.223. The summed E-state index contributed by atoms with van der Waals surface area (Å²) in [6.45, 7) is 0.540. The van der Waals surface area contributed by atoms with Gasteiger partial charge in [0.1, 0.15) is 5.75 Å². The van der Waals surface area contributed by atoms with Crippen LogP contribution in [0.25, 0.3) is 0 Å². The lowest BCUT2D eigenvalue weighted by molar-refractivity contribution is 0.115. The van der Waals surface area contributed by atoms with Gasteiger partial charge in [-0.05, 0) is 6.07 Å². The third kappa shape index (κ3) is 1.17. The van der Waals surface area contributed by atoms with E-state index >= 15 is 0 Å². The van der Waals surface area contributed by atoms with E-state index in [2.05, 4.69) is 0 Å². The molecule has 0 bridgehead atoms. The third-order valence-electron chi connectivity index (χ3n) is 1.99. The molecule has 3 heteroatoms. The van der Waals surface area contributed by atoms with Gasteiger partial charge in [-0.1, -0.05) is 23.7 Å². The van der Waals surface area contributed by atoms with Gasteiger partial charge in [-0.3, -0.25) is 0 Å². The van der Waals surface area contributed by atoms with Crippen molar-refractivity contribution in [2.75, 3.05) is 6.61 Å². The van der Waals surface area contributed by atoms with Crippen molar-refractivity contribution in [3.63, 3.8) is 0 Å². The van der Waals surface area contributed by atoms with Crippen LogP contribution < -0.4 is 4.74 Å². The van der Waals surface area contributed by atoms with Gasteiger partial charge in [-0.15, -0.1) is 0 Å². The Balaban J connectivity index is 2.52. The second-order valence-electron chi connectivity index (χ2n) is 2.81. The first-order chi connectivity index (χ1) is 5.79. The molecule has 12 heavy (non-hydrogen) atoms. The fraction of sp³-hybridized carbons (Fsp3) is 0.333. The van der Waals surface area contributed by atoms with E-state index in [0.29, 0.717) is 23.8 Å². The van der Waals surface area contributed by atoms with Crippen LogP contribution in [0.15, 0.2) is 18.2 Å². The number of benzene rings is 1. The molecule has 1 aromatic carbocycles. The van der Waals surface area contributed by atoms with Gasteiger partial charge in [-0.2, -0.15) is 0 Å². The van der Waals surface area contributed by atoms with Gasteiger partial charge < -0.3 is 9.84 Å². The molecule has 2 rings (SSSR count). The van der Waals surface area contributed by atoms with Gasteiger partial charge >= 0.3 is 0 Å². The fourth-order valence-electron chi connectivity index (χ4n) is 1.37. The molecule has 1 aliphatic heterocycles. The molecular weight excluding hydrogens is 176 g/mol. The topological polar surface area (TPSA) is 29.5 Å². The maximum absolute atomic E-state index is 9.55. The van der Waals surface area contributed by atoms with Crippen LogP contribution in [0.3, 0.4) is 0 Å². The summed E-state index contributed by atoms with van der Waals surface area (Å²) in [5, 5.41) is 10.1. The van der Waals surface area contributed by atoms with Crippen LogP contribution in [0.2, 0.25) is 5.02 Å². The van der Waals surface area contributed by atoms with E-state index in [1.54, 1.807) is 6.07 Å². The van der Waals surface area contributed by atoms with Crippen molar-refractivity contribution in [1.29, 1.82) is 0 Å². The predicted octanol–water partition coefficient (Wildman–Crippen LogP) is 2.16. The number of aliphatic hydroxyl groups excluding tert-OH is 1. The summed E-state index contributed by atoms with van der Waals surface area (Å²) >= 11 is 5.87. The molecule has 2 nitrogen and oxygen atoms in total. The number of ether oxygens (including phenoxy) is 1. The molecule has 0 fully saturated rings. The van der Waals surface area contributed by atoms with Crippen molar-refractivity contribution in [2.45, 2.75) is 12.5 Å². The average molecular weight is 185 g/mol. The Labute approximate surface area is 75.7 Å². The molecule has 1 heterocycles. The Bertz CT molecular complexity index is 299. The number of hydrogen-bond donors (Lipinski definition) is 1. The Morgan fingerprint density at radius 3 is 3.08 bits per heavy atom. The molecule has 1 aliphatic rings. The first-order valence-corrected chi connectivity index (χ1v) is 4.26. The molecule has 1 N–H and O–H groups in total. The van der Waals surface area contributed by atoms with Crippen LogP contribution in [-0.4, -0.2) is 11.7 Å². The van der Waals surface area contributed by atoms with E-state index in [0.717, 1.165) is 5.56 Å². The molecule has 1 unspecified atom stereocenters. The molecule has 64 valence electrons. The maximum Gasteiger partial charge on any atom is 0.143 e. The zero-order chi connectivity index (χ0) is 8.55. The lowest BCUT2D eigenvalue weighted by Crippen LogP contribution is -2.13. The molecule has 0 saturated carbocycles. The summed E-state index contributed by atoms with van der Waals surface area (Å²) in [5.41, 5.74) is 0.800. The molecule has 0 saturated heterocycles. The highest BCUT2D eigenvalue weighted by molar-refractivity contribution is 6.32. The first kappa shape index (κ1) is 7.90. The number of para-hydroxylation sites is 1. The van der Waals surface area contributed by atoms with Crippen molar-refractivity contribution in [2.24, 2.45) is 0 Å². The molecule has 1 atom stereocenters. The van der Waals surface area contributed by atoms with Crippen LogP contribution in [0.4, 0.5) is 0 Å². The first-order valence-electron chi connectivity index (χ1n) is 3.88. The van der Waals surface area contributed by atoms with E-state index in [1.165, 1.54) is 0 Å². The fourth-order valence-corrected chi connectivity index (χ4v) is 1.60. The highest BCUT2D eigenvalue weighted by atomic mass is 35.5. The standard InChI is InChI=1S/C9H9ClO2/c10-7-3-1-2-6-8(11)4-5-12-9(6)7/h1-3,8,11H,4-5H2. The minimum Gasteiger partial charge on any atom is -0.492 e.